The van der Waals surface area contributed by atoms with Crippen LogP contribution in [0.15, 0.2) is 30.3 Å². The third kappa shape index (κ3) is 2.44. The van der Waals surface area contributed by atoms with Gasteiger partial charge < -0.3 is 15.1 Å². The van der Waals surface area contributed by atoms with Gasteiger partial charge >= 0.3 is 5.97 Å². The molecule has 2 N–H and O–H groups in total. The lowest BCUT2D eigenvalue weighted by atomic mass is 9.76. The quantitative estimate of drug-likeness (QED) is 0.887. The maximum atomic E-state index is 11.7. The molecule has 0 radical (unpaired) electrons. The van der Waals surface area contributed by atoms with E-state index in [1.165, 1.54) is 0 Å². The summed E-state index contributed by atoms with van der Waals surface area (Å²) in [6.07, 6.45) is 4.79. The molecule has 0 amide bonds. The fourth-order valence-electron chi connectivity index (χ4n) is 4.45. The van der Waals surface area contributed by atoms with Gasteiger partial charge in [0.25, 0.3) is 0 Å². The van der Waals surface area contributed by atoms with E-state index >= 15 is 0 Å². The zero-order valence-electron chi connectivity index (χ0n) is 13.6. The summed E-state index contributed by atoms with van der Waals surface area (Å²) in [4.78, 5) is 18.5. The minimum Gasteiger partial charge on any atom is -0.478 e. The number of carboxylic acid groups (broad SMARTS) is 1. The van der Waals surface area contributed by atoms with Gasteiger partial charge in [-0.15, -0.1) is 0 Å². The zero-order chi connectivity index (χ0) is 16.7. The summed E-state index contributed by atoms with van der Waals surface area (Å²) in [5.41, 5.74) is 0.954. The molecule has 2 heterocycles. The van der Waals surface area contributed by atoms with Gasteiger partial charge in [-0.1, -0.05) is 24.6 Å². The van der Waals surface area contributed by atoms with Gasteiger partial charge in [0.1, 0.15) is 5.82 Å². The molecule has 1 spiro atoms. The van der Waals surface area contributed by atoms with Crippen LogP contribution in [-0.4, -0.2) is 40.4 Å². The fraction of sp³-hybridized carbons (Fsp3) is 0.474. The summed E-state index contributed by atoms with van der Waals surface area (Å²) in [5, 5.41) is 20.7. The summed E-state index contributed by atoms with van der Waals surface area (Å²) in [5.74, 6) is -0.216. The highest BCUT2D eigenvalue weighted by molar-refractivity contribution is 6.03. The first-order chi connectivity index (χ1) is 11.6. The Hall–Kier alpha value is -2.14. The lowest BCUT2D eigenvalue weighted by Gasteiger charge is -2.43. The first-order valence-electron chi connectivity index (χ1n) is 8.65. The maximum Gasteiger partial charge on any atom is 0.336 e. The molecule has 2 fully saturated rings. The average Bonchev–Trinajstić information content (AvgIpc) is 2.93. The van der Waals surface area contributed by atoms with Crippen LogP contribution in [0.4, 0.5) is 5.82 Å². The number of fused-ring (bicyclic) bond motifs is 1. The molecule has 1 aliphatic carbocycles. The number of carboxylic acids is 1. The number of aliphatic hydroxyl groups excluding tert-OH is 1. The van der Waals surface area contributed by atoms with Crippen molar-refractivity contribution in [3.8, 4) is 0 Å². The second-order valence-electron chi connectivity index (χ2n) is 7.15. The van der Waals surface area contributed by atoms with Gasteiger partial charge in [-0.25, -0.2) is 9.78 Å². The van der Waals surface area contributed by atoms with Crippen LogP contribution in [0.3, 0.4) is 0 Å². The van der Waals surface area contributed by atoms with Gasteiger partial charge in [-0.05, 0) is 37.8 Å². The molecule has 5 heteroatoms. The van der Waals surface area contributed by atoms with Crippen LogP contribution in [-0.2, 0) is 0 Å². The summed E-state index contributed by atoms with van der Waals surface area (Å²) in [6, 6.07) is 9.05. The molecule has 0 bridgehead atoms. The number of anilines is 1. The second-order valence-corrected chi connectivity index (χ2v) is 7.15. The molecular formula is C19H22N2O3. The molecule has 2 aromatic rings. The van der Waals surface area contributed by atoms with Crippen LogP contribution in [0, 0.1) is 5.41 Å². The number of nitrogens with zero attached hydrogens (tertiary/aromatic N) is 2. The molecule has 2 aliphatic rings. The molecule has 1 saturated heterocycles. The lowest BCUT2D eigenvalue weighted by Crippen LogP contribution is -2.47. The van der Waals surface area contributed by atoms with Crippen molar-refractivity contribution in [2.75, 3.05) is 18.0 Å². The first kappa shape index (κ1) is 15.4. The predicted octanol–water partition coefficient (Wildman–Crippen LogP) is 3.06. The molecule has 1 saturated carbocycles. The van der Waals surface area contributed by atoms with Crippen LogP contribution in [0.1, 0.15) is 42.5 Å². The minimum absolute atomic E-state index is 0.0467. The maximum absolute atomic E-state index is 11.7. The van der Waals surface area contributed by atoms with Crippen molar-refractivity contribution in [2.24, 2.45) is 5.41 Å². The highest BCUT2D eigenvalue weighted by Gasteiger charge is 2.45. The van der Waals surface area contributed by atoms with Crippen molar-refractivity contribution in [1.82, 2.24) is 4.98 Å². The molecule has 2 atom stereocenters. The van der Waals surface area contributed by atoms with E-state index in [4.69, 9.17) is 4.98 Å². The normalized spacial score (nSPS) is 27.0. The Kier molecular flexibility index (Phi) is 3.68. The molecule has 1 aliphatic heterocycles. The van der Waals surface area contributed by atoms with Gasteiger partial charge in [0.05, 0.1) is 17.2 Å². The van der Waals surface area contributed by atoms with Crippen LogP contribution < -0.4 is 4.90 Å². The van der Waals surface area contributed by atoms with Gasteiger partial charge in [-0.3, -0.25) is 0 Å². The Morgan fingerprint density at radius 3 is 2.79 bits per heavy atom. The number of aliphatic hydroxyl groups is 1. The second kappa shape index (κ2) is 5.74. The Morgan fingerprint density at radius 2 is 2.04 bits per heavy atom. The number of pyridine rings is 1. The smallest absolute Gasteiger partial charge is 0.336 e. The molecule has 4 rings (SSSR count). The monoisotopic (exact) mass is 326 g/mol. The fourth-order valence-corrected chi connectivity index (χ4v) is 4.45. The Morgan fingerprint density at radius 1 is 1.25 bits per heavy atom. The number of benzene rings is 1. The number of rotatable bonds is 2. The Bertz CT molecular complexity index is 791. The van der Waals surface area contributed by atoms with Gasteiger partial charge in [0.15, 0.2) is 0 Å². The van der Waals surface area contributed by atoms with Crippen molar-refractivity contribution in [3.05, 3.63) is 35.9 Å². The third-order valence-electron chi connectivity index (χ3n) is 5.72. The number of hydrogen-bond donors (Lipinski definition) is 2. The van der Waals surface area contributed by atoms with E-state index in [1.807, 2.05) is 18.2 Å². The molecule has 24 heavy (non-hydrogen) atoms. The third-order valence-corrected chi connectivity index (χ3v) is 5.72. The average molecular weight is 326 g/mol. The van der Waals surface area contributed by atoms with E-state index in [-0.39, 0.29) is 11.5 Å². The van der Waals surface area contributed by atoms with Crippen LogP contribution >= 0.6 is 0 Å². The number of hydrogen-bond acceptors (Lipinski definition) is 4. The minimum atomic E-state index is -0.928. The molecule has 1 aromatic carbocycles. The number of carbonyl (C=O) groups is 1. The van der Waals surface area contributed by atoms with Crippen LogP contribution in [0.5, 0.6) is 0 Å². The largest absolute Gasteiger partial charge is 0.478 e. The predicted molar refractivity (Wildman–Crippen MR) is 92.4 cm³/mol. The van der Waals surface area contributed by atoms with Crippen LogP contribution in [0.25, 0.3) is 10.9 Å². The van der Waals surface area contributed by atoms with Crippen molar-refractivity contribution < 1.29 is 15.0 Å². The molecule has 1 aromatic heterocycles. The zero-order valence-corrected chi connectivity index (χ0v) is 13.6. The summed E-state index contributed by atoms with van der Waals surface area (Å²) >= 11 is 0. The van der Waals surface area contributed by atoms with Crippen LogP contribution in [0.2, 0.25) is 0 Å². The van der Waals surface area contributed by atoms with Gasteiger partial charge in [0.2, 0.25) is 0 Å². The number of piperidine rings is 1. The van der Waals surface area contributed by atoms with E-state index in [9.17, 15) is 15.0 Å². The van der Waals surface area contributed by atoms with Crippen molar-refractivity contribution in [1.29, 1.82) is 0 Å². The standard InChI is InChI=1S/C19H22N2O3/c22-16-7-3-8-19(16)9-4-10-21(12-19)17-11-14(18(23)24)13-5-1-2-6-15(13)20-17/h1-2,5-6,11,16,22H,3-4,7-10,12H2,(H,23,24)/t16-,19-/m1/s1. The summed E-state index contributed by atoms with van der Waals surface area (Å²) in [6.45, 7) is 1.62. The van der Waals surface area contributed by atoms with Gasteiger partial charge in [0, 0.05) is 23.9 Å². The number of para-hydroxylation sites is 1. The van der Waals surface area contributed by atoms with Gasteiger partial charge in [-0.2, -0.15) is 0 Å². The summed E-state index contributed by atoms with van der Waals surface area (Å²) < 4.78 is 0. The van der Waals surface area contributed by atoms with E-state index in [0.717, 1.165) is 45.2 Å². The molecule has 5 nitrogen and oxygen atoms in total. The number of aromatic nitrogens is 1. The van der Waals surface area contributed by atoms with E-state index in [2.05, 4.69) is 4.90 Å². The first-order valence-corrected chi connectivity index (χ1v) is 8.65. The molecule has 126 valence electrons. The Labute approximate surface area is 140 Å². The van der Waals surface area contributed by atoms with Crippen molar-refractivity contribution in [2.45, 2.75) is 38.2 Å². The highest BCUT2D eigenvalue weighted by Crippen LogP contribution is 2.45. The number of aromatic carboxylic acids is 1. The molecule has 0 unspecified atom stereocenters. The SMILES string of the molecule is O=C(O)c1cc(N2CCC[C@]3(CCC[C@H]3O)C2)nc2ccccc12. The van der Waals surface area contributed by atoms with Crippen molar-refractivity contribution >= 4 is 22.7 Å². The van der Waals surface area contributed by atoms with E-state index in [1.54, 1.807) is 12.1 Å². The summed E-state index contributed by atoms with van der Waals surface area (Å²) in [7, 11) is 0. The molecular weight excluding hydrogens is 304 g/mol. The topological polar surface area (TPSA) is 73.7 Å². The lowest BCUT2D eigenvalue weighted by molar-refractivity contribution is 0.0408. The van der Waals surface area contributed by atoms with E-state index < -0.39 is 5.97 Å². The highest BCUT2D eigenvalue weighted by atomic mass is 16.4. The van der Waals surface area contributed by atoms with Crippen molar-refractivity contribution in [3.63, 3.8) is 0 Å². The van der Waals surface area contributed by atoms with E-state index in [0.29, 0.717) is 22.3 Å². The Balaban J connectivity index is 1.75.